The molecule has 2 heterocycles. The van der Waals surface area contributed by atoms with Gasteiger partial charge in [-0.3, -0.25) is 24.6 Å². The first-order chi connectivity index (χ1) is 14.9. The number of likely N-dealkylation sites (tertiary alicyclic amines) is 1. The molecule has 0 bridgehead atoms. The lowest BCUT2D eigenvalue weighted by Crippen LogP contribution is -2.38. The van der Waals surface area contributed by atoms with Crippen LogP contribution in [-0.2, 0) is 16.1 Å². The van der Waals surface area contributed by atoms with Crippen molar-refractivity contribution in [3.63, 3.8) is 0 Å². The monoisotopic (exact) mass is 439 g/mol. The van der Waals surface area contributed by atoms with E-state index in [0.717, 1.165) is 12.8 Å². The lowest BCUT2D eigenvalue weighted by Gasteiger charge is -2.32. The van der Waals surface area contributed by atoms with Gasteiger partial charge in [0.05, 0.1) is 17.0 Å². The fourth-order valence-corrected chi connectivity index (χ4v) is 4.23. The summed E-state index contributed by atoms with van der Waals surface area (Å²) in [5.41, 5.74) is 1.78. The fourth-order valence-electron chi connectivity index (χ4n) is 4.04. The smallest absolute Gasteiger partial charge is 0.278 e. The number of carbonyl (C=O) groups excluding carboxylic acids is 2. The minimum Gasteiger partial charge on any atom is -0.366 e. The van der Waals surface area contributed by atoms with E-state index in [4.69, 9.17) is 11.6 Å². The molecule has 2 aromatic carbocycles. The Hall–Kier alpha value is -3.19. The Morgan fingerprint density at radius 2 is 1.68 bits per heavy atom. The number of hydrogen-bond donors (Lipinski definition) is 0. The van der Waals surface area contributed by atoms with Crippen molar-refractivity contribution in [3.8, 4) is 0 Å². The molecule has 0 N–H and O–H groups in total. The average molecular weight is 440 g/mol. The Kier molecular flexibility index (Phi) is 5.78. The fraction of sp³-hybridized carbons (Fsp3) is 0.304. The van der Waals surface area contributed by atoms with Gasteiger partial charge in [-0.05, 0) is 48.1 Å². The zero-order valence-corrected chi connectivity index (χ0v) is 17.8. The summed E-state index contributed by atoms with van der Waals surface area (Å²) in [5.74, 6) is -0.202. The number of piperidine rings is 1. The van der Waals surface area contributed by atoms with Gasteiger partial charge in [0.25, 0.3) is 17.5 Å². The van der Waals surface area contributed by atoms with Crippen LogP contribution in [0.25, 0.3) is 5.57 Å². The summed E-state index contributed by atoms with van der Waals surface area (Å²) in [5, 5.41) is 11.5. The number of halogens is 1. The first kappa shape index (κ1) is 21.1. The second-order valence-corrected chi connectivity index (χ2v) is 8.39. The van der Waals surface area contributed by atoms with Crippen LogP contribution in [0.1, 0.15) is 30.9 Å². The van der Waals surface area contributed by atoms with E-state index in [2.05, 4.69) is 6.92 Å². The van der Waals surface area contributed by atoms with E-state index in [-0.39, 0.29) is 18.1 Å². The molecule has 2 aromatic rings. The number of hydrogen-bond acceptors (Lipinski definition) is 5. The van der Waals surface area contributed by atoms with E-state index in [1.807, 2.05) is 11.0 Å². The second kappa shape index (κ2) is 8.51. The predicted molar refractivity (Wildman–Crippen MR) is 117 cm³/mol. The molecule has 2 aliphatic heterocycles. The SMILES string of the molecule is CC1CCN(C2=C(c3ccc([N+](=O)[O-])cc3)C(=O)N(Cc3ccccc3Cl)C2=O)CC1. The average Bonchev–Trinajstić information content (AvgIpc) is 3.00. The molecule has 160 valence electrons. The molecule has 2 aliphatic rings. The van der Waals surface area contributed by atoms with Crippen LogP contribution in [0.15, 0.2) is 54.2 Å². The van der Waals surface area contributed by atoms with Gasteiger partial charge in [0.1, 0.15) is 5.70 Å². The molecule has 0 radical (unpaired) electrons. The molecule has 0 unspecified atom stereocenters. The Morgan fingerprint density at radius 1 is 1.03 bits per heavy atom. The highest BCUT2D eigenvalue weighted by atomic mass is 35.5. The van der Waals surface area contributed by atoms with Crippen LogP contribution < -0.4 is 0 Å². The van der Waals surface area contributed by atoms with E-state index >= 15 is 0 Å². The molecule has 4 rings (SSSR count). The topological polar surface area (TPSA) is 83.8 Å². The number of nitrogens with zero attached hydrogens (tertiary/aromatic N) is 3. The second-order valence-electron chi connectivity index (χ2n) is 7.99. The van der Waals surface area contributed by atoms with Gasteiger partial charge in [0.2, 0.25) is 0 Å². The van der Waals surface area contributed by atoms with E-state index in [1.54, 1.807) is 18.2 Å². The minimum absolute atomic E-state index is 0.0672. The van der Waals surface area contributed by atoms with Crippen LogP contribution in [-0.4, -0.2) is 39.6 Å². The summed E-state index contributed by atoms with van der Waals surface area (Å²) in [6, 6.07) is 12.9. The summed E-state index contributed by atoms with van der Waals surface area (Å²) in [7, 11) is 0. The van der Waals surface area contributed by atoms with Gasteiger partial charge in [-0.15, -0.1) is 0 Å². The summed E-state index contributed by atoms with van der Waals surface area (Å²) < 4.78 is 0. The number of amides is 2. The van der Waals surface area contributed by atoms with Crippen molar-refractivity contribution >= 4 is 34.7 Å². The molecule has 31 heavy (non-hydrogen) atoms. The molecule has 0 atom stereocenters. The van der Waals surface area contributed by atoms with Crippen molar-refractivity contribution in [1.29, 1.82) is 0 Å². The highest BCUT2D eigenvalue weighted by molar-refractivity contribution is 6.35. The van der Waals surface area contributed by atoms with Crippen molar-refractivity contribution in [3.05, 3.63) is 80.5 Å². The number of non-ortho nitro benzene ring substituents is 1. The van der Waals surface area contributed by atoms with Crippen molar-refractivity contribution in [1.82, 2.24) is 9.80 Å². The highest BCUT2D eigenvalue weighted by Gasteiger charge is 2.42. The summed E-state index contributed by atoms with van der Waals surface area (Å²) in [6.07, 6.45) is 1.87. The molecule has 8 heteroatoms. The largest absolute Gasteiger partial charge is 0.366 e. The standard InChI is InChI=1S/C23H22ClN3O4/c1-15-10-12-25(13-11-15)21-20(16-6-8-18(9-7-16)27(30)31)22(28)26(23(21)29)14-17-4-2-3-5-19(17)24/h2-9,15H,10-14H2,1H3. The predicted octanol–water partition coefficient (Wildman–Crippen LogP) is 4.26. The van der Waals surface area contributed by atoms with E-state index in [9.17, 15) is 19.7 Å². The van der Waals surface area contributed by atoms with Gasteiger partial charge in [0.15, 0.2) is 0 Å². The molecule has 7 nitrogen and oxygen atoms in total. The summed E-state index contributed by atoms with van der Waals surface area (Å²) >= 11 is 6.26. The molecule has 0 spiro atoms. The quantitative estimate of drug-likeness (QED) is 0.395. The first-order valence-corrected chi connectivity index (χ1v) is 10.6. The van der Waals surface area contributed by atoms with E-state index < -0.39 is 10.8 Å². The van der Waals surface area contributed by atoms with Gasteiger partial charge in [-0.2, -0.15) is 0 Å². The van der Waals surface area contributed by atoms with Gasteiger partial charge >= 0.3 is 0 Å². The lowest BCUT2D eigenvalue weighted by molar-refractivity contribution is -0.384. The van der Waals surface area contributed by atoms with Crippen molar-refractivity contribution < 1.29 is 14.5 Å². The molecule has 1 fully saturated rings. The van der Waals surface area contributed by atoms with Gasteiger partial charge in [-0.25, -0.2) is 0 Å². The van der Waals surface area contributed by atoms with Crippen LogP contribution in [0.2, 0.25) is 5.02 Å². The van der Waals surface area contributed by atoms with Crippen LogP contribution in [0.3, 0.4) is 0 Å². The van der Waals surface area contributed by atoms with Crippen molar-refractivity contribution in [2.75, 3.05) is 13.1 Å². The molecule has 0 saturated carbocycles. The molecule has 0 aliphatic carbocycles. The molecular weight excluding hydrogens is 418 g/mol. The van der Waals surface area contributed by atoms with E-state index in [1.165, 1.54) is 29.2 Å². The van der Waals surface area contributed by atoms with Gasteiger partial charge in [-0.1, -0.05) is 36.7 Å². The third-order valence-electron chi connectivity index (χ3n) is 5.90. The molecule has 1 saturated heterocycles. The number of carbonyl (C=O) groups is 2. The van der Waals surface area contributed by atoms with Crippen LogP contribution in [0.5, 0.6) is 0 Å². The summed E-state index contributed by atoms with van der Waals surface area (Å²) in [4.78, 5) is 40.6. The highest BCUT2D eigenvalue weighted by Crippen LogP contribution is 2.35. The Morgan fingerprint density at radius 3 is 2.29 bits per heavy atom. The number of nitro groups is 1. The molecule has 0 aromatic heterocycles. The molecule has 2 amide bonds. The van der Waals surface area contributed by atoms with Gasteiger partial charge in [0, 0.05) is 30.2 Å². The lowest BCUT2D eigenvalue weighted by atomic mass is 9.97. The molecular formula is C23H22ClN3O4. The Bertz CT molecular complexity index is 1070. The Balaban J connectivity index is 1.74. The van der Waals surface area contributed by atoms with Crippen LogP contribution in [0, 0.1) is 16.0 Å². The summed E-state index contributed by atoms with van der Waals surface area (Å²) in [6.45, 7) is 3.62. The minimum atomic E-state index is -0.490. The zero-order valence-electron chi connectivity index (χ0n) is 17.1. The number of benzene rings is 2. The van der Waals surface area contributed by atoms with Crippen molar-refractivity contribution in [2.24, 2.45) is 5.92 Å². The zero-order chi connectivity index (χ0) is 22.1. The van der Waals surface area contributed by atoms with Crippen LogP contribution >= 0.6 is 11.6 Å². The number of rotatable bonds is 5. The Labute approximate surface area is 185 Å². The number of imide groups is 1. The third kappa shape index (κ3) is 4.05. The van der Waals surface area contributed by atoms with E-state index in [0.29, 0.717) is 46.4 Å². The van der Waals surface area contributed by atoms with Gasteiger partial charge < -0.3 is 4.90 Å². The maximum absolute atomic E-state index is 13.4. The maximum atomic E-state index is 13.4. The normalized spacial score (nSPS) is 17.6. The van der Waals surface area contributed by atoms with Crippen LogP contribution in [0.4, 0.5) is 5.69 Å². The third-order valence-corrected chi connectivity index (χ3v) is 6.27. The van der Waals surface area contributed by atoms with Crippen molar-refractivity contribution in [2.45, 2.75) is 26.3 Å². The first-order valence-electron chi connectivity index (χ1n) is 10.2. The maximum Gasteiger partial charge on any atom is 0.278 e. The number of nitro benzene ring substituents is 1.